The van der Waals surface area contributed by atoms with Crippen LogP contribution in [0.4, 0.5) is 17.6 Å². The maximum atomic E-state index is 13.9. The molecule has 0 fully saturated rings. The van der Waals surface area contributed by atoms with E-state index in [1.807, 2.05) is 11.5 Å². The number of aryl methyl sites for hydroxylation is 1. The fourth-order valence-corrected chi connectivity index (χ4v) is 3.05. The van der Waals surface area contributed by atoms with E-state index in [2.05, 4.69) is 25.8 Å². The molecule has 3 aromatic rings. The van der Waals surface area contributed by atoms with Gasteiger partial charge >= 0.3 is 6.18 Å². The summed E-state index contributed by atoms with van der Waals surface area (Å²) in [5, 5.41) is 14.1. The molecule has 0 radical (unpaired) electrons. The summed E-state index contributed by atoms with van der Waals surface area (Å²) in [5.41, 5.74) is 0.144. The first-order chi connectivity index (χ1) is 15.4. The Morgan fingerprint density at radius 3 is 2.66 bits per heavy atom. The van der Waals surface area contributed by atoms with Gasteiger partial charge in [0.25, 0.3) is 0 Å². The number of guanidine groups is 1. The third-order valence-corrected chi connectivity index (χ3v) is 4.74. The van der Waals surface area contributed by atoms with E-state index in [4.69, 9.17) is 0 Å². The SMILES string of the molecule is CCc1nncn1CCNC(=NCc1cccc(C(F)(F)F)c1)NCc1ccccc1F. The molecule has 6 nitrogen and oxygen atoms in total. The van der Waals surface area contributed by atoms with E-state index < -0.39 is 11.7 Å². The normalized spacial score (nSPS) is 12.1. The zero-order valence-corrected chi connectivity index (χ0v) is 17.5. The van der Waals surface area contributed by atoms with Crippen molar-refractivity contribution in [3.8, 4) is 0 Å². The van der Waals surface area contributed by atoms with Gasteiger partial charge < -0.3 is 15.2 Å². The molecule has 1 heterocycles. The first kappa shape index (κ1) is 23.2. The Morgan fingerprint density at radius 2 is 1.91 bits per heavy atom. The second kappa shape index (κ2) is 10.7. The van der Waals surface area contributed by atoms with Crippen molar-refractivity contribution in [3.05, 3.63) is 83.2 Å². The molecule has 32 heavy (non-hydrogen) atoms. The Hall–Kier alpha value is -3.43. The fraction of sp³-hybridized carbons (Fsp3) is 0.318. The van der Waals surface area contributed by atoms with Gasteiger partial charge in [-0.1, -0.05) is 37.3 Å². The molecule has 2 N–H and O–H groups in total. The van der Waals surface area contributed by atoms with Crippen molar-refractivity contribution in [3.63, 3.8) is 0 Å². The average Bonchev–Trinajstić information content (AvgIpc) is 3.23. The Labute approximate surface area is 183 Å². The molecule has 0 saturated heterocycles. The lowest BCUT2D eigenvalue weighted by molar-refractivity contribution is -0.137. The Kier molecular flexibility index (Phi) is 7.80. The summed E-state index contributed by atoms with van der Waals surface area (Å²) < 4.78 is 54.7. The van der Waals surface area contributed by atoms with Crippen LogP contribution in [0.15, 0.2) is 59.9 Å². The largest absolute Gasteiger partial charge is 0.416 e. The van der Waals surface area contributed by atoms with Gasteiger partial charge in [-0.25, -0.2) is 9.38 Å². The summed E-state index contributed by atoms with van der Waals surface area (Å²) in [5.74, 6) is 0.847. The third-order valence-electron chi connectivity index (χ3n) is 4.74. The zero-order valence-electron chi connectivity index (χ0n) is 17.5. The number of alkyl halides is 3. The van der Waals surface area contributed by atoms with Crippen molar-refractivity contribution in [2.24, 2.45) is 4.99 Å². The molecule has 170 valence electrons. The predicted octanol–water partition coefficient (Wildman–Crippen LogP) is 3.93. The Balaban J connectivity index is 1.69. The van der Waals surface area contributed by atoms with Gasteiger partial charge in [0, 0.05) is 31.6 Å². The maximum Gasteiger partial charge on any atom is 0.416 e. The number of hydrogen-bond donors (Lipinski definition) is 2. The smallest absolute Gasteiger partial charge is 0.355 e. The van der Waals surface area contributed by atoms with Gasteiger partial charge in [-0.3, -0.25) is 0 Å². The van der Waals surface area contributed by atoms with E-state index >= 15 is 0 Å². The summed E-state index contributed by atoms with van der Waals surface area (Å²) >= 11 is 0. The molecule has 10 heteroatoms. The number of aliphatic imine (C=N–C) groups is 1. The van der Waals surface area contributed by atoms with Crippen molar-refractivity contribution < 1.29 is 17.6 Å². The first-order valence-corrected chi connectivity index (χ1v) is 10.1. The van der Waals surface area contributed by atoms with Crippen LogP contribution in [-0.2, 0) is 32.2 Å². The molecule has 0 aliphatic rings. The van der Waals surface area contributed by atoms with Crippen LogP contribution in [0.25, 0.3) is 0 Å². The number of nitrogens with one attached hydrogen (secondary N) is 2. The summed E-state index contributed by atoms with van der Waals surface area (Å²) in [4.78, 5) is 4.39. The van der Waals surface area contributed by atoms with E-state index in [1.54, 1.807) is 30.6 Å². The highest BCUT2D eigenvalue weighted by molar-refractivity contribution is 5.79. The number of hydrogen-bond acceptors (Lipinski definition) is 3. The van der Waals surface area contributed by atoms with Gasteiger partial charge in [0.1, 0.15) is 18.0 Å². The molecular weight excluding hydrogens is 424 g/mol. The lowest BCUT2D eigenvalue weighted by Gasteiger charge is -2.14. The van der Waals surface area contributed by atoms with E-state index in [9.17, 15) is 17.6 Å². The quantitative estimate of drug-likeness (QED) is 0.311. The second-order valence-electron chi connectivity index (χ2n) is 7.03. The van der Waals surface area contributed by atoms with Gasteiger partial charge in [0.05, 0.1) is 12.1 Å². The number of benzene rings is 2. The predicted molar refractivity (Wildman–Crippen MR) is 113 cm³/mol. The molecule has 0 bridgehead atoms. The number of rotatable bonds is 8. The van der Waals surface area contributed by atoms with Crippen LogP contribution >= 0.6 is 0 Å². The van der Waals surface area contributed by atoms with Crippen LogP contribution in [0, 0.1) is 5.82 Å². The molecule has 1 aromatic heterocycles. The van der Waals surface area contributed by atoms with Crippen LogP contribution in [0.1, 0.15) is 29.4 Å². The van der Waals surface area contributed by atoms with Gasteiger partial charge in [-0.2, -0.15) is 13.2 Å². The van der Waals surface area contributed by atoms with E-state index in [0.717, 1.165) is 24.4 Å². The third kappa shape index (κ3) is 6.53. The van der Waals surface area contributed by atoms with Crippen LogP contribution in [-0.4, -0.2) is 27.3 Å². The van der Waals surface area contributed by atoms with E-state index in [1.165, 1.54) is 12.1 Å². The molecule has 0 atom stereocenters. The minimum absolute atomic E-state index is 0.0311. The standard InChI is InChI=1S/C22H24F4N6/c1-2-20-31-30-15-32(20)11-10-27-21(29-14-17-7-3-4-9-19(17)23)28-13-16-6-5-8-18(12-16)22(24,25)26/h3-9,12,15H,2,10-11,13-14H2,1H3,(H2,27,28,29). The van der Waals surface area contributed by atoms with Crippen LogP contribution in [0.3, 0.4) is 0 Å². The van der Waals surface area contributed by atoms with Crippen LogP contribution in [0.5, 0.6) is 0 Å². The zero-order chi connectivity index (χ0) is 23.0. The summed E-state index contributed by atoms with van der Waals surface area (Å²) in [6.45, 7) is 3.22. The highest BCUT2D eigenvalue weighted by atomic mass is 19.4. The average molecular weight is 448 g/mol. The maximum absolute atomic E-state index is 13.9. The highest BCUT2D eigenvalue weighted by Gasteiger charge is 2.30. The van der Waals surface area contributed by atoms with E-state index in [-0.39, 0.29) is 18.9 Å². The van der Waals surface area contributed by atoms with Gasteiger partial charge in [-0.15, -0.1) is 10.2 Å². The van der Waals surface area contributed by atoms with Crippen LogP contribution in [0.2, 0.25) is 0 Å². The Bertz CT molecular complexity index is 1040. The molecule has 0 aliphatic heterocycles. The molecule has 0 spiro atoms. The molecule has 0 saturated carbocycles. The summed E-state index contributed by atoms with van der Waals surface area (Å²) in [6.07, 6.45) is -2.05. The lowest BCUT2D eigenvalue weighted by Crippen LogP contribution is -2.38. The van der Waals surface area contributed by atoms with E-state index in [0.29, 0.717) is 30.2 Å². The van der Waals surface area contributed by atoms with Gasteiger partial charge in [0.2, 0.25) is 0 Å². The van der Waals surface area contributed by atoms with Crippen molar-refractivity contribution in [2.45, 2.75) is 39.2 Å². The Morgan fingerprint density at radius 1 is 1.09 bits per heavy atom. The van der Waals surface area contributed by atoms with Crippen LogP contribution < -0.4 is 10.6 Å². The fourth-order valence-electron chi connectivity index (χ4n) is 3.05. The first-order valence-electron chi connectivity index (χ1n) is 10.1. The highest BCUT2D eigenvalue weighted by Crippen LogP contribution is 2.29. The topological polar surface area (TPSA) is 67.1 Å². The second-order valence-corrected chi connectivity index (χ2v) is 7.03. The number of halogens is 4. The molecule has 3 rings (SSSR count). The molecular formula is C22H24F4N6. The molecule has 2 aromatic carbocycles. The van der Waals surface area contributed by atoms with Gasteiger partial charge in [0.15, 0.2) is 5.96 Å². The molecule has 0 aliphatic carbocycles. The van der Waals surface area contributed by atoms with Gasteiger partial charge in [-0.05, 0) is 23.8 Å². The van der Waals surface area contributed by atoms with Crippen molar-refractivity contribution in [1.82, 2.24) is 25.4 Å². The van der Waals surface area contributed by atoms with Crippen molar-refractivity contribution >= 4 is 5.96 Å². The minimum Gasteiger partial charge on any atom is -0.355 e. The number of aromatic nitrogens is 3. The summed E-state index contributed by atoms with van der Waals surface area (Å²) in [6, 6.07) is 11.4. The lowest BCUT2D eigenvalue weighted by atomic mass is 10.1. The monoisotopic (exact) mass is 448 g/mol. The van der Waals surface area contributed by atoms with Crippen molar-refractivity contribution in [1.29, 1.82) is 0 Å². The molecule has 0 amide bonds. The summed E-state index contributed by atoms with van der Waals surface area (Å²) in [7, 11) is 0. The van der Waals surface area contributed by atoms with Crippen molar-refractivity contribution in [2.75, 3.05) is 6.54 Å². The minimum atomic E-state index is -4.42. The number of nitrogens with zero attached hydrogens (tertiary/aromatic N) is 4. The molecule has 0 unspecified atom stereocenters.